The first-order valence-electron chi connectivity index (χ1n) is 8.58. The largest absolute Gasteiger partial charge is 0.380 e. The van der Waals surface area contributed by atoms with Crippen LogP contribution in [0.15, 0.2) is 42.7 Å². The summed E-state index contributed by atoms with van der Waals surface area (Å²) in [6.45, 7) is 4.42. The van der Waals surface area contributed by atoms with E-state index in [1.807, 2.05) is 50.4 Å². The minimum atomic E-state index is -0.340. The van der Waals surface area contributed by atoms with Crippen LogP contribution >= 0.6 is 0 Å². The van der Waals surface area contributed by atoms with Crippen molar-refractivity contribution in [3.8, 4) is 5.69 Å². The van der Waals surface area contributed by atoms with Gasteiger partial charge in [0, 0.05) is 30.6 Å². The Balaban J connectivity index is 1.71. The first-order valence-corrected chi connectivity index (χ1v) is 8.58. The van der Waals surface area contributed by atoms with Gasteiger partial charge in [-0.15, -0.1) is 0 Å². The average molecular weight is 353 g/mol. The van der Waals surface area contributed by atoms with Gasteiger partial charge in [0.15, 0.2) is 5.82 Å². The number of methoxy groups -OCH3 is 1. The Morgan fingerprint density at radius 1 is 1.38 bits per heavy atom. The molecule has 136 valence electrons. The SMILES string of the molecule is CCc1cc(NC(=O)C(C)c2cnn(-c3cccc(COC)c3)c2)n[nH]1. The zero-order chi connectivity index (χ0) is 18.5. The van der Waals surface area contributed by atoms with E-state index in [1.165, 1.54) is 0 Å². The molecule has 0 spiro atoms. The predicted molar refractivity (Wildman–Crippen MR) is 99.3 cm³/mol. The predicted octanol–water partition coefficient (Wildman–Crippen LogP) is 3.05. The number of hydrogen-bond donors (Lipinski definition) is 2. The van der Waals surface area contributed by atoms with Crippen LogP contribution in [0, 0.1) is 0 Å². The van der Waals surface area contributed by atoms with E-state index in [9.17, 15) is 4.79 Å². The summed E-state index contributed by atoms with van der Waals surface area (Å²) in [6.07, 6.45) is 4.43. The molecule has 1 aromatic carbocycles. The molecule has 2 aromatic heterocycles. The highest BCUT2D eigenvalue weighted by molar-refractivity contribution is 5.94. The molecule has 7 nitrogen and oxygen atoms in total. The van der Waals surface area contributed by atoms with E-state index in [4.69, 9.17) is 4.74 Å². The Labute approximate surface area is 152 Å². The number of anilines is 1. The van der Waals surface area contributed by atoms with Gasteiger partial charge in [0.2, 0.25) is 5.91 Å². The highest BCUT2D eigenvalue weighted by Crippen LogP contribution is 2.19. The first-order chi connectivity index (χ1) is 12.6. The van der Waals surface area contributed by atoms with Crippen LogP contribution in [-0.2, 0) is 22.6 Å². The number of amides is 1. The number of aromatic amines is 1. The van der Waals surface area contributed by atoms with E-state index in [2.05, 4.69) is 20.6 Å². The van der Waals surface area contributed by atoms with Crippen LogP contribution in [0.2, 0.25) is 0 Å². The van der Waals surface area contributed by atoms with Gasteiger partial charge in [0.05, 0.1) is 24.4 Å². The van der Waals surface area contributed by atoms with Crippen LogP contribution in [-0.4, -0.2) is 33.0 Å². The molecule has 0 saturated carbocycles. The lowest BCUT2D eigenvalue weighted by Crippen LogP contribution is -2.18. The number of ether oxygens (including phenoxy) is 1. The molecule has 1 amide bonds. The summed E-state index contributed by atoms with van der Waals surface area (Å²) < 4.78 is 6.93. The summed E-state index contributed by atoms with van der Waals surface area (Å²) in [6, 6.07) is 9.79. The van der Waals surface area contributed by atoms with Crippen LogP contribution in [0.25, 0.3) is 5.69 Å². The number of carbonyl (C=O) groups excluding carboxylic acids is 1. The highest BCUT2D eigenvalue weighted by Gasteiger charge is 2.18. The Hall–Kier alpha value is -2.93. The zero-order valence-corrected chi connectivity index (χ0v) is 15.2. The summed E-state index contributed by atoms with van der Waals surface area (Å²) in [5, 5.41) is 14.2. The van der Waals surface area contributed by atoms with Gasteiger partial charge in [0.25, 0.3) is 0 Å². The lowest BCUT2D eigenvalue weighted by Gasteiger charge is -2.08. The van der Waals surface area contributed by atoms with Crippen molar-refractivity contribution in [1.29, 1.82) is 0 Å². The fourth-order valence-electron chi connectivity index (χ4n) is 2.65. The van der Waals surface area contributed by atoms with Crippen molar-refractivity contribution in [3.63, 3.8) is 0 Å². The van der Waals surface area contributed by atoms with Crippen molar-refractivity contribution in [2.24, 2.45) is 0 Å². The lowest BCUT2D eigenvalue weighted by molar-refractivity contribution is -0.117. The van der Waals surface area contributed by atoms with E-state index in [0.717, 1.165) is 28.9 Å². The molecule has 1 atom stereocenters. The van der Waals surface area contributed by atoms with Gasteiger partial charge in [0.1, 0.15) is 0 Å². The van der Waals surface area contributed by atoms with E-state index >= 15 is 0 Å². The fraction of sp³-hybridized carbons (Fsp3) is 0.316. The van der Waals surface area contributed by atoms with Gasteiger partial charge in [-0.3, -0.25) is 9.89 Å². The van der Waals surface area contributed by atoms with Crippen molar-refractivity contribution in [2.45, 2.75) is 32.8 Å². The lowest BCUT2D eigenvalue weighted by atomic mass is 10.0. The summed E-state index contributed by atoms with van der Waals surface area (Å²) in [4.78, 5) is 12.5. The Morgan fingerprint density at radius 2 is 2.23 bits per heavy atom. The molecule has 0 bridgehead atoms. The number of carbonyl (C=O) groups is 1. The van der Waals surface area contributed by atoms with E-state index in [1.54, 1.807) is 18.0 Å². The van der Waals surface area contributed by atoms with Crippen LogP contribution in [0.1, 0.15) is 36.6 Å². The maximum Gasteiger partial charge on any atom is 0.232 e. The second-order valence-corrected chi connectivity index (χ2v) is 6.16. The minimum Gasteiger partial charge on any atom is -0.380 e. The molecule has 3 aromatic rings. The number of nitrogens with one attached hydrogen (secondary N) is 2. The van der Waals surface area contributed by atoms with Crippen molar-refractivity contribution >= 4 is 11.7 Å². The van der Waals surface area contributed by atoms with Crippen molar-refractivity contribution in [1.82, 2.24) is 20.0 Å². The normalized spacial score (nSPS) is 12.1. The van der Waals surface area contributed by atoms with Gasteiger partial charge >= 0.3 is 0 Å². The topological polar surface area (TPSA) is 84.8 Å². The quantitative estimate of drug-likeness (QED) is 0.684. The second kappa shape index (κ2) is 7.97. The molecule has 1 unspecified atom stereocenters. The average Bonchev–Trinajstić information content (AvgIpc) is 3.31. The Morgan fingerprint density at radius 3 is 2.96 bits per heavy atom. The first kappa shape index (κ1) is 17.9. The molecule has 0 radical (unpaired) electrons. The second-order valence-electron chi connectivity index (χ2n) is 6.16. The molecule has 0 fully saturated rings. The van der Waals surface area contributed by atoms with Gasteiger partial charge in [-0.25, -0.2) is 4.68 Å². The molecule has 0 aliphatic rings. The van der Waals surface area contributed by atoms with Gasteiger partial charge in [-0.2, -0.15) is 10.2 Å². The molecule has 2 heterocycles. The summed E-state index contributed by atoms with van der Waals surface area (Å²) >= 11 is 0. The molecule has 0 aliphatic heterocycles. The maximum atomic E-state index is 12.5. The monoisotopic (exact) mass is 353 g/mol. The van der Waals surface area contributed by atoms with E-state index in [0.29, 0.717) is 12.4 Å². The molecular weight excluding hydrogens is 330 g/mol. The minimum absolute atomic E-state index is 0.119. The van der Waals surface area contributed by atoms with E-state index in [-0.39, 0.29) is 11.8 Å². The third kappa shape index (κ3) is 4.00. The van der Waals surface area contributed by atoms with Crippen molar-refractivity contribution in [2.75, 3.05) is 12.4 Å². The number of nitrogens with zero attached hydrogens (tertiary/aromatic N) is 3. The van der Waals surface area contributed by atoms with Gasteiger partial charge in [-0.1, -0.05) is 19.1 Å². The number of aromatic nitrogens is 4. The Kier molecular flexibility index (Phi) is 5.48. The van der Waals surface area contributed by atoms with Crippen LogP contribution in [0.3, 0.4) is 0 Å². The molecule has 0 saturated heterocycles. The number of rotatable bonds is 7. The molecular formula is C19H23N5O2. The maximum absolute atomic E-state index is 12.5. The molecule has 26 heavy (non-hydrogen) atoms. The summed E-state index contributed by atoms with van der Waals surface area (Å²) in [5.74, 6) is 0.0814. The molecule has 0 aliphatic carbocycles. The van der Waals surface area contributed by atoms with Crippen molar-refractivity contribution < 1.29 is 9.53 Å². The van der Waals surface area contributed by atoms with Crippen molar-refractivity contribution in [3.05, 3.63) is 59.5 Å². The van der Waals surface area contributed by atoms with Crippen LogP contribution in [0.4, 0.5) is 5.82 Å². The number of aryl methyl sites for hydroxylation is 1. The summed E-state index contributed by atoms with van der Waals surface area (Å²) in [5.41, 5.74) is 3.82. The summed E-state index contributed by atoms with van der Waals surface area (Å²) in [7, 11) is 1.67. The third-order valence-corrected chi connectivity index (χ3v) is 4.25. The number of benzene rings is 1. The van der Waals surface area contributed by atoms with E-state index < -0.39 is 0 Å². The Bertz CT molecular complexity index is 883. The van der Waals surface area contributed by atoms with Gasteiger partial charge in [-0.05, 0) is 31.0 Å². The smallest absolute Gasteiger partial charge is 0.232 e. The number of H-pyrrole nitrogens is 1. The molecule has 7 heteroatoms. The van der Waals surface area contributed by atoms with Crippen LogP contribution in [0.5, 0.6) is 0 Å². The number of hydrogen-bond acceptors (Lipinski definition) is 4. The molecule has 2 N–H and O–H groups in total. The fourth-order valence-corrected chi connectivity index (χ4v) is 2.65. The van der Waals surface area contributed by atoms with Crippen LogP contribution < -0.4 is 5.32 Å². The zero-order valence-electron chi connectivity index (χ0n) is 15.2. The standard InChI is InChI=1S/C19H23N5O2/c1-4-16-9-18(23-22-16)21-19(25)13(2)15-10-20-24(11-15)17-7-5-6-14(8-17)12-26-3/h5-11,13H,4,12H2,1-3H3,(H2,21,22,23,25). The van der Waals surface area contributed by atoms with Gasteiger partial charge < -0.3 is 10.1 Å². The highest BCUT2D eigenvalue weighted by atomic mass is 16.5. The molecule has 3 rings (SSSR count). The third-order valence-electron chi connectivity index (χ3n) is 4.25.